The number of para-hydroxylation sites is 1. The van der Waals surface area contributed by atoms with Crippen molar-refractivity contribution >= 4 is 11.8 Å². The molecule has 25 heavy (non-hydrogen) atoms. The summed E-state index contributed by atoms with van der Waals surface area (Å²) in [5, 5.41) is 1.01. The molecule has 2 nitrogen and oxygen atoms in total. The van der Waals surface area contributed by atoms with E-state index in [0.717, 1.165) is 27.9 Å². The highest BCUT2D eigenvalue weighted by Gasteiger charge is 2.11. The highest BCUT2D eigenvalue weighted by Crippen LogP contribution is 2.29. The van der Waals surface area contributed by atoms with Crippen molar-refractivity contribution in [3.63, 3.8) is 0 Å². The van der Waals surface area contributed by atoms with Crippen LogP contribution in [0.15, 0.2) is 102 Å². The average molecular weight is 342 g/mol. The Kier molecular flexibility index (Phi) is 4.66. The van der Waals surface area contributed by atoms with Gasteiger partial charge in [0.2, 0.25) is 0 Å². The zero-order valence-corrected chi connectivity index (χ0v) is 14.6. The molecule has 0 bridgehead atoms. The molecule has 0 amide bonds. The Hall–Kier alpha value is -2.78. The van der Waals surface area contributed by atoms with Crippen molar-refractivity contribution in [3.8, 4) is 16.9 Å². The molecule has 0 spiro atoms. The first-order valence-electron chi connectivity index (χ1n) is 8.27. The van der Waals surface area contributed by atoms with E-state index in [1.807, 2.05) is 30.3 Å². The molecule has 0 fully saturated rings. The first kappa shape index (κ1) is 15.7. The molecule has 0 aliphatic carbocycles. The van der Waals surface area contributed by atoms with Crippen molar-refractivity contribution in [2.75, 3.05) is 0 Å². The van der Waals surface area contributed by atoms with E-state index in [9.17, 15) is 0 Å². The van der Waals surface area contributed by atoms with Crippen LogP contribution in [0.25, 0.3) is 16.9 Å². The highest BCUT2D eigenvalue weighted by molar-refractivity contribution is 7.98. The van der Waals surface area contributed by atoms with Gasteiger partial charge in [0.1, 0.15) is 0 Å². The lowest BCUT2D eigenvalue weighted by Gasteiger charge is -2.07. The van der Waals surface area contributed by atoms with Crippen LogP contribution < -0.4 is 0 Å². The molecule has 1 heterocycles. The number of hydrogen-bond donors (Lipinski definition) is 0. The first-order chi connectivity index (χ1) is 12.4. The SMILES string of the molecule is c1ccc(CSc2nc(-c3ccccc3)cn2-c2ccccc2)cc1. The second-order valence-electron chi connectivity index (χ2n) is 5.75. The van der Waals surface area contributed by atoms with Crippen molar-refractivity contribution < 1.29 is 0 Å². The van der Waals surface area contributed by atoms with Gasteiger partial charge in [-0.15, -0.1) is 0 Å². The summed E-state index contributed by atoms with van der Waals surface area (Å²) >= 11 is 1.76. The van der Waals surface area contributed by atoms with Crippen molar-refractivity contribution in [2.24, 2.45) is 0 Å². The number of thioether (sulfide) groups is 1. The summed E-state index contributed by atoms with van der Waals surface area (Å²) < 4.78 is 2.18. The van der Waals surface area contributed by atoms with E-state index in [4.69, 9.17) is 4.98 Å². The first-order valence-corrected chi connectivity index (χ1v) is 9.26. The number of benzene rings is 3. The summed E-state index contributed by atoms with van der Waals surface area (Å²) in [6.45, 7) is 0. The van der Waals surface area contributed by atoms with E-state index < -0.39 is 0 Å². The molecule has 0 atom stereocenters. The number of hydrogen-bond acceptors (Lipinski definition) is 2. The minimum atomic E-state index is 0.902. The van der Waals surface area contributed by atoms with Gasteiger partial charge in [-0.05, 0) is 17.7 Å². The van der Waals surface area contributed by atoms with Gasteiger partial charge in [0, 0.05) is 23.2 Å². The third-order valence-corrected chi connectivity index (χ3v) is 5.01. The minimum Gasteiger partial charge on any atom is -0.294 e. The Balaban J connectivity index is 1.69. The van der Waals surface area contributed by atoms with E-state index in [1.54, 1.807) is 11.8 Å². The van der Waals surface area contributed by atoms with Crippen molar-refractivity contribution in [1.29, 1.82) is 0 Å². The molecule has 0 radical (unpaired) electrons. The largest absolute Gasteiger partial charge is 0.294 e. The molecule has 3 heteroatoms. The highest BCUT2D eigenvalue weighted by atomic mass is 32.2. The maximum absolute atomic E-state index is 4.90. The maximum Gasteiger partial charge on any atom is 0.173 e. The Morgan fingerprint density at radius 2 is 1.32 bits per heavy atom. The molecule has 0 unspecified atom stereocenters. The zero-order valence-electron chi connectivity index (χ0n) is 13.7. The van der Waals surface area contributed by atoms with Crippen LogP contribution in [0, 0.1) is 0 Å². The molecule has 122 valence electrons. The molecule has 0 aliphatic heterocycles. The molecule has 4 aromatic rings. The van der Waals surface area contributed by atoms with E-state index in [1.165, 1.54) is 5.56 Å². The van der Waals surface area contributed by atoms with Gasteiger partial charge in [-0.25, -0.2) is 4.98 Å². The summed E-state index contributed by atoms with van der Waals surface area (Å²) in [6, 6.07) is 31.2. The fraction of sp³-hybridized carbons (Fsp3) is 0.0455. The smallest absolute Gasteiger partial charge is 0.173 e. The second-order valence-corrected chi connectivity index (χ2v) is 6.70. The number of aromatic nitrogens is 2. The fourth-order valence-corrected chi connectivity index (χ4v) is 3.66. The quantitative estimate of drug-likeness (QED) is 0.425. The zero-order chi connectivity index (χ0) is 16.9. The predicted molar refractivity (Wildman–Crippen MR) is 105 cm³/mol. The lowest BCUT2D eigenvalue weighted by molar-refractivity contribution is 0.895. The average Bonchev–Trinajstić information content (AvgIpc) is 3.13. The van der Waals surface area contributed by atoms with Crippen LogP contribution in [0.1, 0.15) is 5.56 Å². The summed E-state index contributed by atoms with van der Waals surface area (Å²) in [5.74, 6) is 0.902. The van der Waals surface area contributed by atoms with Gasteiger partial charge in [0.05, 0.1) is 5.69 Å². The Bertz CT molecular complexity index is 932. The van der Waals surface area contributed by atoms with E-state index in [2.05, 4.69) is 71.4 Å². The van der Waals surface area contributed by atoms with Gasteiger partial charge in [-0.3, -0.25) is 4.57 Å². The van der Waals surface area contributed by atoms with Crippen LogP contribution in [0.5, 0.6) is 0 Å². The number of nitrogens with zero attached hydrogens (tertiary/aromatic N) is 2. The van der Waals surface area contributed by atoms with Crippen LogP contribution in [0.4, 0.5) is 0 Å². The van der Waals surface area contributed by atoms with Crippen molar-refractivity contribution in [3.05, 3.63) is 103 Å². The molecule has 0 saturated heterocycles. The number of imidazole rings is 1. The lowest BCUT2D eigenvalue weighted by atomic mass is 10.2. The predicted octanol–water partition coefficient (Wildman–Crippen LogP) is 5.83. The summed E-state index contributed by atoms with van der Waals surface area (Å²) in [6.07, 6.45) is 2.12. The monoisotopic (exact) mass is 342 g/mol. The Morgan fingerprint density at radius 3 is 2.00 bits per heavy atom. The molecule has 0 N–H and O–H groups in total. The summed E-state index contributed by atoms with van der Waals surface area (Å²) in [4.78, 5) is 4.90. The van der Waals surface area contributed by atoms with Gasteiger partial charge in [-0.2, -0.15) is 0 Å². The van der Waals surface area contributed by atoms with Gasteiger partial charge in [0.25, 0.3) is 0 Å². The normalized spacial score (nSPS) is 10.7. The van der Waals surface area contributed by atoms with Crippen LogP contribution in [0.2, 0.25) is 0 Å². The molecule has 4 rings (SSSR count). The second kappa shape index (κ2) is 7.41. The van der Waals surface area contributed by atoms with Crippen LogP contribution in [0.3, 0.4) is 0 Å². The summed E-state index contributed by atoms with van der Waals surface area (Å²) in [7, 11) is 0. The third-order valence-electron chi connectivity index (χ3n) is 3.99. The number of rotatable bonds is 5. The molecule has 3 aromatic carbocycles. The van der Waals surface area contributed by atoms with E-state index in [-0.39, 0.29) is 0 Å². The van der Waals surface area contributed by atoms with Gasteiger partial charge in [-0.1, -0.05) is 90.6 Å². The van der Waals surface area contributed by atoms with Gasteiger partial charge >= 0.3 is 0 Å². The van der Waals surface area contributed by atoms with Gasteiger partial charge in [0.15, 0.2) is 5.16 Å². The lowest BCUT2D eigenvalue weighted by Crippen LogP contribution is -1.94. The minimum absolute atomic E-state index is 0.902. The topological polar surface area (TPSA) is 17.8 Å². The van der Waals surface area contributed by atoms with Gasteiger partial charge < -0.3 is 0 Å². The standard InChI is InChI=1S/C22H18N2S/c1-4-10-18(11-5-1)17-25-22-23-21(19-12-6-2-7-13-19)16-24(22)20-14-8-3-9-15-20/h1-16H,17H2. The van der Waals surface area contributed by atoms with E-state index >= 15 is 0 Å². The van der Waals surface area contributed by atoms with Crippen LogP contribution in [-0.2, 0) is 5.75 Å². The van der Waals surface area contributed by atoms with Crippen LogP contribution in [-0.4, -0.2) is 9.55 Å². The molecule has 0 aliphatic rings. The Labute approximate surface area is 152 Å². The Morgan fingerprint density at radius 1 is 0.720 bits per heavy atom. The van der Waals surface area contributed by atoms with Crippen LogP contribution >= 0.6 is 11.8 Å². The van der Waals surface area contributed by atoms with E-state index in [0.29, 0.717) is 0 Å². The fourth-order valence-electron chi connectivity index (χ4n) is 2.71. The molecular formula is C22H18N2S. The maximum atomic E-state index is 4.90. The molecule has 0 saturated carbocycles. The molecule has 1 aromatic heterocycles. The summed E-state index contributed by atoms with van der Waals surface area (Å²) in [5.41, 5.74) is 4.57. The van der Waals surface area contributed by atoms with Crippen molar-refractivity contribution in [1.82, 2.24) is 9.55 Å². The van der Waals surface area contributed by atoms with Crippen molar-refractivity contribution in [2.45, 2.75) is 10.9 Å². The third kappa shape index (κ3) is 3.67. The molecular weight excluding hydrogens is 324 g/mol.